The number of hydrogen-bond donors (Lipinski definition) is 0. The molecule has 1 aliphatic rings. The first kappa shape index (κ1) is 6.66. The summed E-state index contributed by atoms with van der Waals surface area (Å²) in [6.45, 7) is 7.56. The molecule has 1 unspecified atom stereocenters. The highest BCUT2D eigenvalue weighted by atomic mass is 16.5. The Morgan fingerprint density at radius 1 is 1.44 bits per heavy atom. The van der Waals surface area contributed by atoms with Crippen LogP contribution in [0.3, 0.4) is 0 Å². The van der Waals surface area contributed by atoms with Gasteiger partial charge in [0.25, 0.3) is 0 Å². The molecule has 0 saturated heterocycles. The SMILES string of the molecule is CC(C)(C)C1C=COC1. The van der Waals surface area contributed by atoms with Gasteiger partial charge in [0.2, 0.25) is 0 Å². The second-order valence-electron chi connectivity index (χ2n) is 3.63. The Kier molecular flexibility index (Phi) is 1.52. The molecule has 1 rings (SSSR count). The molecule has 9 heavy (non-hydrogen) atoms. The monoisotopic (exact) mass is 126 g/mol. The van der Waals surface area contributed by atoms with E-state index in [9.17, 15) is 0 Å². The molecule has 0 aromatic carbocycles. The summed E-state index contributed by atoms with van der Waals surface area (Å²) in [6, 6.07) is 0. The minimum absolute atomic E-state index is 0.368. The fraction of sp³-hybridized carbons (Fsp3) is 0.750. The molecule has 1 nitrogen and oxygen atoms in total. The van der Waals surface area contributed by atoms with Crippen LogP contribution in [0, 0.1) is 11.3 Å². The molecule has 0 saturated carbocycles. The van der Waals surface area contributed by atoms with E-state index in [2.05, 4.69) is 26.8 Å². The van der Waals surface area contributed by atoms with Crippen molar-refractivity contribution in [2.75, 3.05) is 6.61 Å². The van der Waals surface area contributed by atoms with E-state index >= 15 is 0 Å². The summed E-state index contributed by atoms with van der Waals surface area (Å²) in [5.41, 5.74) is 0.368. The van der Waals surface area contributed by atoms with Crippen LogP contribution in [0.25, 0.3) is 0 Å². The standard InChI is InChI=1S/C8H14O/c1-8(2,3)7-4-5-9-6-7/h4-5,7H,6H2,1-3H3. The van der Waals surface area contributed by atoms with Crippen molar-refractivity contribution in [3.8, 4) is 0 Å². The van der Waals surface area contributed by atoms with Crippen molar-refractivity contribution in [3.05, 3.63) is 12.3 Å². The first-order chi connectivity index (χ1) is 4.11. The first-order valence-corrected chi connectivity index (χ1v) is 3.39. The van der Waals surface area contributed by atoms with Gasteiger partial charge in [-0.2, -0.15) is 0 Å². The molecular weight excluding hydrogens is 112 g/mol. The summed E-state index contributed by atoms with van der Waals surface area (Å²) in [5, 5.41) is 0. The summed E-state index contributed by atoms with van der Waals surface area (Å²) in [6.07, 6.45) is 3.94. The van der Waals surface area contributed by atoms with Crippen molar-refractivity contribution in [1.29, 1.82) is 0 Å². The molecule has 1 heterocycles. The third kappa shape index (κ3) is 1.47. The van der Waals surface area contributed by atoms with E-state index in [1.807, 2.05) is 0 Å². The van der Waals surface area contributed by atoms with Crippen molar-refractivity contribution in [1.82, 2.24) is 0 Å². The molecule has 0 aliphatic carbocycles. The van der Waals surface area contributed by atoms with Gasteiger partial charge in [-0.3, -0.25) is 0 Å². The predicted molar refractivity (Wildman–Crippen MR) is 38.0 cm³/mol. The van der Waals surface area contributed by atoms with Gasteiger partial charge in [0.15, 0.2) is 0 Å². The maximum Gasteiger partial charge on any atom is 0.0941 e. The highest BCUT2D eigenvalue weighted by molar-refractivity contribution is 4.95. The third-order valence-corrected chi connectivity index (χ3v) is 1.80. The van der Waals surface area contributed by atoms with Crippen molar-refractivity contribution in [2.24, 2.45) is 11.3 Å². The average molecular weight is 126 g/mol. The fourth-order valence-electron chi connectivity index (χ4n) is 0.904. The number of rotatable bonds is 0. The molecule has 0 aromatic rings. The van der Waals surface area contributed by atoms with Crippen molar-refractivity contribution in [2.45, 2.75) is 20.8 Å². The Morgan fingerprint density at radius 3 is 2.33 bits per heavy atom. The van der Waals surface area contributed by atoms with Gasteiger partial charge in [-0.25, -0.2) is 0 Å². The molecule has 0 N–H and O–H groups in total. The summed E-state index contributed by atoms with van der Waals surface area (Å²) < 4.78 is 5.10. The zero-order valence-corrected chi connectivity index (χ0v) is 6.35. The normalized spacial score (nSPS) is 26.3. The molecule has 1 heteroatoms. The van der Waals surface area contributed by atoms with Gasteiger partial charge in [-0.1, -0.05) is 20.8 Å². The quantitative estimate of drug-likeness (QED) is 0.483. The van der Waals surface area contributed by atoms with E-state index in [4.69, 9.17) is 4.74 Å². The second-order valence-corrected chi connectivity index (χ2v) is 3.63. The molecule has 0 radical (unpaired) electrons. The molecule has 0 amide bonds. The number of ether oxygens (including phenoxy) is 1. The van der Waals surface area contributed by atoms with E-state index < -0.39 is 0 Å². The minimum atomic E-state index is 0.368. The Bertz CT molecular complexity index is 119. The minimum Gasteiger partial charge on any atom is -0.501 e. The van der Waals surface area contributed by atoms with Gasteiger partial charge in [0.05, 0.1) is 12.9 Å². The van der Waals surface area contributed by atoms with Gasteiger partial charge >= 0.3 is 0 Å². The van der Waals surface area contributed by atoms with Crippen LogP contribution in [0.2, 0.25) is 0 Å². The Morgan fingerprint density at radius 2 is 2.11 bits per heavy atom. The van der Waals surface area contributed by atoms with Crippen LogP contribution in [0.1, 0.15) is 20.8 Å². The Balaban J connectivity index is 2.53. The second kappa shape index (κ2) is 2.05. The van der Waals surface area contributed by atoms with Crippen LogP contribution in [0.5, 0.6) is 0 Å². The summed E-state index contributed by atoms with van der Waals surface area (Å²) in [4.78, 5) is 0. The molecular formula is C8H14O. The lowest BCUT2D eigenvalue weighted by molar-refractivity contribution is 0.181. The molecule has 0 bridgehead atoms. The fourth-order valence-corrected chi connectivity index (χ4v) is 0.904. The van der Waals surface area contributed by atoms with Gasteiger partial charge in [-0.05, 0) is 11.5 Å². The lowest BCUT2D eigenvalue weighted by Crippen LogP contribution is -2.19. The molecule has 52 valence electrons. The van der Waals surface area contributed by atoms with Gasteiger partial charge in [0, 0.05) is 5.92 Å². The van der Waals surface area contributed by atoms with Crippen molar-refractivity contribution < 1.29 is 4.74 Å². The van der Waals surface area contributed by atoms with Crippen molar-refractivity contribution >= 4 is 0 Å². The van der Waals surface area contributed by atoms with Gasteiger partial charge in [0.1, 0.15) is 0 Å². The largest absolute Gasteiger partial charge is 0.501 e. The third-order valence-electron chi connectivity index (χ3n) is 1.80. The van der Waals surface area contributed by atoms with Crippen LogP contribution in [-0.2, 0) is 4.74 Å². The smallest absolute Gasteiger partial charge is 0.0941 e. The molecule has 0 fully saturated rings. The highest BCUT2D eigenvalue weighted by Gasteiger charge is 2.24. The van der Waals surface area contributed by atoms with Crippen molar-refractivity contribution in [3.63, 3.8) is 0 Å². The lowest BCUT2D eigenvalue weighted by atomic mass is 9.82. The lowest BCUT2D eigenvalue weighted by Gasteiger charge is -2.23. The Hall–Kier alpha value is -0.460. The molecule has 1 atom stereocenters. The summed E-state index contributed by atoms with van der Waals surface area (Å²) >= 11 is 0. The molecule has 0 aromatic heterocycles. The Labute approximate surface area is 56.7 Å². The average Bonchev–Trinajstić information content (AvgIpc) is 2.08. The van der Waals surface area contributed by atoms with E-state index in [-0.39, 0.29) is 0 Å². The maximum absolute atomic E-state index is 5.10. The zero-order valence-electron chi connectivity index (χ0n) is 6.35. The summed E-state index contributed by atoms with van der Waals surface area (Å²) in [5.74, 6) is 0.609. The highest BCUT2D eigenvalue weighted by Crippen LogP contribution is 2.29. The van der Waals surface area contributed by atoms with Crippen LogP contribution in [-0.4, -0.2) is 6.61 Å². The van der Waals surface area contributed by atoms with E-state index in [0.29, 0.717) is 11.3 Å². The van der Waals surface area contributed by atoms with Crippen LogP contribution in [0.15, 0.2) is 12.3 Å². The van der Waals surface area contributed by atoms with E-state index in [0.717, 1.165) is 6.61 Å². The van der Waals surface area contributed by atoms with Gasteiger partial charge < -0.3 is 4.74 Å². The molecule has 0 spiro atoms. The van der Waals surface area contributed by atoms with Crippen LogP contribution < -0.4 is 0 Å². The topological polar surface area (TPSA) is 9.23 Å². The first-order valence-electron chi connectivity index (χ1n) is 3.39. The van der Waals surface area contributed by atoms with Crippen LogP contribution in [0.4, 0.5) is 0 Å². The predicted octanol–water partition coefficient (Wildman–Crippen LogP) is 2.19. The number of hydrogen-bond acceptors (Lipinski definition) is 1. The van der Waals surface area contributed by atoms with E-state index in [1.165, 1.54) is 0 Å². The van der Waals surface area contributed by atoms with E-state index in [1.54, 1.807) is 6.26 Å². The molecule has 1 aliphatic heterocycles. The maximum atomic E-state index is 5.10. The summed E-state index contributed by atoms with van der Waals surface area (Å²) in [7, 11) is 0. The van der Waals surface area contributed by atoms with Crippen LogP contribution >= 0.6 is 0 Å². The van der Waals surface area contributed by atoms with Gasteiger partial charge in [-0.15, -0.1) is 0 Å². The zero-order chi connectivity index (χ0) is 6.91.